The summed E-state index contributed by atoms with van der Waals surface area (Å²) in [5.74, 6) is 0.942. The normalized spacial score (nSPS) is 18.8. The highest BCUT2D eigenvalue weighted by Gasteiger charge is 2.36. The fourth-order valence-corrected chi connectivity index (χ4v) is 2.25. The van der Waals surface area contributed by atoms with Crippen LogP contribution in [0.25, 0.3) is 0 Å². The zero-order valence-electron chi connectivity index (χ0n) is 9.53. The molecular formula is C10H19N5. The highest BCUT2D eigenvalue weighted by molar-refractivity contribution is 4.89. The monoisotopic (exact) mass is 209 g/mol. The maximum Gasteiger partial charge on any atom is 0.165 e. The molecule has 5 heteroatoms. The smallest absolute Gasteiger partial charge is 0.165 e. The van der Waals surface area contributed by atoms with Gasteiger partial charge in [-0.25, -0.2) is 4.68 Å². The maximum absolute atomic E-state index is 4.07. The van der Waals surface area contributed by atoms with Crippen molar-refractivity contribution >= 4 is 0 Å². The molecule has 0 atom stereocenters. The van der Waals surface area contributed by atoms with Gasteiger partial charge in [-0.15, -0.1) is 5.10 Å². The zero-order chi connectivity index (χ0) is 10.7. The number of nitrogens with zero attached hydrogens (tertiary/aromatic N) is 4. The van der Waals surface area contributed by atoms with E-state index in [-0.39, 0.29) is 0 Å². The Morgan fingerprint density at radius 2 is 2.27 bits per heavy atom. The number of hydrogen-bond acceptors (Lipinski definition) is 4. The molecule has 1 saturated carbocycles. The van der Waals surface area contributed by atoms with E-state index >= 15 is 0 Å². The second kappa shape index (κ2) is 4.26. The van der Waals surface area contributed by atoms with Crippen molar-refractivity contribution in [1.29, 1.82) is 0 Å². The minimum atomic E-state index is 0.470. The third-order valence-corrected chi connectivity index (χ3v) is 3.59. The quantitative estimate of drug-likeness (QED) is 0.785. The highest BCUT2D eigenvalue weighted by atomic mass is 15.5. The standard InChI is InChI=1S/C10H19N5/c1-3-10(5-4-6-10)8-15-9(7-11-2)12-13-14-15/h11H,3-8H2,1-2H3. The third kappa shape index (κ3) is 2.02. The lowest BCUT2D eigenvalue weighted by atomic mass is 9.67. The van der Waals surface area contributed by atoms with E-state index in [1.807, 2.05) is 11.7 Å². The average Bonchev–Trinajstić information content (AvgIpc) is 2.60. The average molecular weight is 209 g/mol. The summed E-state index contributed by atoms with van der Waals surface area (Å²) in [6, 6.07) is 0. The van der Waals surface area contributed by atoms with E-state index < -0.39 is 0 Å². The fraction of sp³-hybridized carbons (Fsp3) is 0.900. The van der Waals surface area contributed by atoms with E-state index in [1.54, 1.807) is 0 Å². The van der Waals surface area contributed by atoms with Gasteiger partial charge in [-0.05, 0) is 42.2 Å². The van der Waals surface area contributed by atoms with Crippen molar-refractivity contribution in [2.45, 2.75) is 45.7 Å². The van der Waals surface area contributed by atoms with Crippen LogP contribution in [0.3, 0.4) is 0 Å². The molecule has 1 heterocycles. The van der Waals surface area contributed by atoms with Crippen LogP contribution in [0.4, 0.5) is 0 Å². The van der Waals surface area contributed by atoms with Crippen molar-refractivity contribution in [3.8, 4) is 0 Å². The van der Waals surface area contributed by atoms with Crippen LogP contribution in [0.5, 0.6) is 0 Å². The Labute approximate surface area is 90.2 Å². The molecule has 2 rings (SSSR count). The number of aromatic nitrogens is 4. The molecular weight excluding hydrogens is 190 g/mol. The molecule has 84 valence electrons. The first-order valence-corrected chi connectivity index (χ1v) is 5.69. The van der Waals surface area contributed by atoms with Crippen LogP contribution in [0.1, 0.15) is 38.4 Å². The predicted octanol–water partition coefficient (Wildman–Crippen LogP) is 0.973. The summed E-state index contributed by atoms with van der Waals surface area (Å²) in [5, 5.41) is 14.9. The zero-order valence-corrected chi connectivity index (χ0v) is 9.53. The fourth-order valence-electron chi connectivity index (χ4n) is 2.25. The molecule has 0 aliphatic heterocycles. The van der Waals surface area contributed by atoms with Crippen LogP contribution < -0.4 is 5.32 Å². The van der Waals surface area contributed by atoms with Gasteiger partial charge in [0.25, 0.3) is 0 Å². The first-order chi connectivity index (χ1) is 7.29. The Kier molecular flexibility index (Phi) is 3.00. The Bertz CT molecular complexity index is 310. The molecule has 5 nitrogen and oxygen atoms in total. The minimum absolute atomic E-state index is 0.470. The number of hydrogen-bond donors (Lipinski definition) is 1. The Hall–Kier alpha value is -0.970. The molecule has 0 radical (unpaired) electrons. The summed E-state index contributed by atoms with van der Waals surface area (Å²) in [5.41, 5.74) is 0.470. The van der Waals surface area contributed by atoms with E-state index in [2.05, 4.69) is 27.8 Å². The summed E-state index contributed by atoms with van der Waals surface area (Å²) in [4.78, 5) is 0. The minimum Gasteiger partial charge on any atom is -0.313 e. The van der Waals surface area contributed by atoms with Gasteiger partial charge < -0.3 is 5.32 Å². The topological polar surface area (TPSA) is 55.6 Å². The van der Waals surface area contributed by atoms with E-state index in [0.29, 0.717) is 5.41 Å². The summed E-state index contributed by atoms with van der Waals surface area (Å²) in [7, 11) is 1.91. The number of tetrazole rings is 1. The molecule has 1 aromatic heterocycles. The molecule has 1 fully saturated rings. The lowest BCUT2D eigenvalue weighted by molar-refractivity contribution is 0.0925. The van der Waals surface area contributed by atoms with Gasteiger partial charge in [0.1, 0.15) is 0 Å². The van der Waals surface area contributed by atoms with Crippen LogP contribution >= 0.6 is 0 Å². The predicted molar refractivity (Wildman–Crippen MR) is 57.2 cm³/mol. The first kappa shape index (κ1) is 10.5. The van der Waals surface area contributed by atoms with Crippen LogP contribution in [-0.2, 0) is 13.1 Å². The van der Waals surface area contributed by atoms with E-state index in [0.717, 1.165) is 18.9 Å². The third-order valence-electron chi connectivity index (χ3n) is 3.59. The first-order valence-electron chi connectivity index (χ1n) is 5.69. The van der Waals surface area contributed by atoms with Crippen molar-refractivity contribution < 1.29 is 0 Å². The largest absolute Gasteiger partial charge is 0.313 e. The molecule has 0 aromatic carbocycles. The van der Waals surface area contributed by atoms with Crippen molar-refractivity contribution in [1.82, 2.24) is 25.5 Å². The van der Waals surface area contributed by atoms with Gasteiger partial charge in [-0.2, -0.15) is 0 Å². The van der Waals surface area contributed by atoms with E-state index in [1.165, 1.54) is 25.7 Å². The van der Waals surface area contributed by atoms with E-state index in [9.17, 15) is 0 Å². The lowest BCUT2D eigenvalue weighted by Crippen LogP contribution is -2.34. The SMILES string of the molecule is CCC1(Cn2nnnc2CNC)CCC1. The molecule has 0 unspecified atom stereocenters. The van der Waals surface area contributed by atoms with Gasteiger partial charge in [-0.3, -0.25) is 0 Å². The van der Waals surface area contributed by atoms with Crippen LogP contribution in [0.2, 0.25) is 0 Å². The van der Waals surface area contributed by atoms with Gasteiger partial charge in [0.15, 0.2) is 5.82 Å². The molecule has 0 spiro atoms. The molecule has 15 heavy (non-hydrogen) atoms. The highest BCUT2D eigenvalue weighted by Crippen LogP contribution is 2.44. The van der Waals surface area contributed by atoms with Crippen LogP contribution in [0.15, 0.2) is 0 Å². The molecule has 1 aliphatic rings. The molecule has 1 aliphatic carbocycles. The van der Waals surface area contributed by atoms with Crippen LogP contribution in [0, 0.1) is 5.41 Å². The van der Waals surface area contributed by atoms with Crippen molar-refractivity contribution in [3.05, 3.63) is 5.82 Å². The Balaban J connectivity index is 2.06. The summed E-state index contributed by atoms with van der Waals surface area (Å²) >= 11 is 0. The van der Waals surface area contributed by atoms with Gasteiger partial charge >= 0.3 is 0 Å². The molecule has 1 N–H and O–H groups in total. The molecule has 1 aromatic rings. The summed E-state index contributed by atoms with van der Waals surface area (Å²) < 4.78 is 1.96. The van der Waals surface area contributed by atoms with Gasteiger partial charge in [0, 0.05) is 0 Å². The molecule has 0 bridgehead atoms. The maximum atomic E-state index is 4.07. The Morgan fingerprint density at radius 1 is 1.47 bits per heavy atom. The lowest BCUT2D eigenvalue weighted by Gasteiger charge is -2.41. The van der Waals surface area contributed by atoms with Crippen molar-refractivity contribution in [2.24, 2.45) is 5.41 Å². The number of rotatable bonds is 5. The summed E-state index contributed by atoms with van der Waals surface area (Å²) in [6.45, 7) is 3.99. The summed E-state index contributed by atoms with van der Waals surface area (Å²) in [6.07, 6.45) is 5.23. The van der Waals surface area contributed by atoms with Gasteiger partial charge in [0.2, 0.25) is 0 Å². The van der Waals surface area contributed by atoms with E-state index in [4.69, 9.17) is 0 Å². The second-order valence-corrected chi connectivity index (χ2v) is 4.49. The second-order valence-electron chi connectivity index (χ2n) is 4.49. The van der Waals surface area contributed by atoms with Gasteiger partial charge in [-0.1, -0.05) is 13.3 Å². The molecule has 0 amide bonds. The molecule has 0 saturated heterocycles. The van der Waals surface area contributed by atoms with Crippen molar-refractivity contribution in [2.75, 3.05) is 7.05 Å². The van der Waals surface area contributed by atoms with Gasteiger partial charge in [0.05, 0.1) is 13.1 Å². The Morgan fingerprint density at radius 3 is 2.80 bits per heavy atom. The number of nitrogens with one attached hydrogen (secondary N) is 1. The van der Waals surface area contributed by atoms with Crippen LogP contribution in [-0.4, -0.2) is 27.3 Å². The van der Waals surface area contributed by atoms with Crippen molar-refractivity contribution in [3.63, 3.8) is 0 Å².